The molecule has 0 saturated carbocycles. The quantitative estimate of drug-likeness (QED) is 0.193. The maximum Gasteiger partial charge on any atom is 0.168 e. The zero-order valence-electron chi connectivity index (χ0n) is 17.6. The number of hydrogen-bond donors (Lipinski definition) is 4. The molecule has 1 rings (SSSR count). The maximum atomic E-state index is 10.1. The lowest BCUT2D eigenvalue weighted by Gasteiger charge is -2.09. The van der Waals surface area contributed by atoms with Crippen LogP contribution in [0.3, 0.4) is 0 Å². The fraction of sp³-hybridized carbons (Fsp3) is 0.667. The van der Waals surface area contributed by atoms with Crippen molar-refractivity contribution in [2.24, 2.45) is 0 Å². The van der Waals surface area contributed by atoms with Gasteiger partial charge in [0.1, 0.15) is 0 Å². The number of phenols is 2. The number of para-hydroxylation sites is 1. The number of phenolic OH excluding ortho intramolecular Hbond substituents is 2. The van der Waals surface area contributed by atoms with Crippen molar-refractivity contribution >= 4 is 6.29 Å². The van der Waals surface area contributed by atoms with Crippen LogP contribution in [0.4, 0.5) is 0 Å². The van der Waals surface area contributed by atoms with Gasteiger partial charge in [0.15, 0.2) is 24.1 Å². The van der Waals surface area contributed by atoms with E-state index in [2.05, 4.69) is 6.92 Å². The van der Waals surface area contributed by atoms with Crippen LogP contribution >= 0.6 is 0 Å². The van der Waals surface area contributed by atoms with E-state index in [4.69, 9.17) is 29.9 Å². The summed E-state index contributed by atoms with van der Waals surface area (Å²) in [6.45, 7) is 9.31. The molecule has 1 aromatic carbocycles. The monoisotopic (exact) mass is 402 g/mol. The third-order valence-corrected chi connectivity index (χ3v) is 3.58. The standard InChI is InChI=1S/C8H18O2.C7H6O3.C6H14O2/c1-2-3-4-5-6-8(10)7-9;8-4-5-2-1-3-6(9)7(5)10;1-4-7-6(3)8-5-2/h8-10H,2-7H2,1H3;1-4,9-10H;6H,4-5H2,1-3H3. The fourth-order valence-corrected chi connectivity index (χ4v) is 2.06. The van der Waals surface area contributed by atoms with E-state index in [-0.39, 0.29) is 30.0 Å². The van der Waals surface area contributed by atoms with E-state index in [1.165, 1.54) is 37.5 Å². The molecule has 1 atom stereocenters. The van der Waals surface area contributed by atoms with Gasteiger partial charge in [-0.25, -0.2) is 0 Å². The Bertz CT molecular complexity index is 474. The van der Waals surface area contributed by atoms with Crippen LogP contribution in [0.15, 0.2) is 18.2 Å². The molecule has 0 aliphatic rings. The molecule has 0 saturated heterocycles. The van der Waals surface area contributed by atoms with Crippen LogP contribution in [-0.2, 0) is 9.47 Å². The van der Waals surface area contributed by atoms with E-state index in [0.717, 1.165) is 26.1 Å². The Hall–Kier alpha value is -1.67. The van der Waals surface area contributed by atoms with Gasteiger partial charge in [0.05, 0.1) is 18.3 Å². The predicted molar refractivity (Wildman–Crippen MR) is 110 cm³/mol. The predicted octanol–water partition coefficient (Wildman–Crippen LogP) is 3.63. The number of aliphatic hydroxyl groups excluding tert-OH is 2. The van der Waals surface area contributed by atoms with Crippen LogP contribution in [0.25, 0.3) is 0 Å². The molecular weight excluding hydrogens is 364 g/mol. The van der Waals surface area contributed by atoms with Crippen LogP contribution < -0.4 is 0 Å². The van der Waals surface area contributed by atoms with Crippen molar-refractivity contribution in [3.8, 4) is 11.5 Å². The average molecular weight is 403 g/mol. The number of carbonyl (C=O) groups excluding carboxylic acids is 1. The molecule has 0 aromatic heterocycles. The number of hydrogen-bond acceptors (Lipinski definition) is 7. The zero-order valence-corrected chi connectivity index (χ0v) is 17.6. The smallest absolute Gasteiger partial charge is 0.168 e. The van der Waals surface area contributed by atoms with Crippen LogP contribution in [0.1, 0.15) is 70.2 Å². The van der Waals surface area contributed by atoms with Crippen molar-refractivity contribution in [2.75, 3.05) is 19.8 Å². The lowest BCUT2D eigenvalue weighted by Crippen LogP contribution is -2.11. The lowest BCUT2D eigenvalue weighted by molar-refractivity contribution is -0.123. The van der Waals surface area contributed by atoms with Gasteiger partial charge >= 0.3 is 0 Å². The first-order valence-electron chi connectivity index (χ1n) is 9.85. The second-order valence-corrected chi connectivity index (χ2v) is 6.00. The minimum atomic E-state index is -0.489. The number of benzene rings is 1. The molecule has 0 aliphatic carbocycles. The van der Waals surface area contributed by atoms with Crippen molar-refractivity contribution in [2.45, 2.75) is 72.2 Å². The highest BCUT2D eigenvalue weighted by molar-refractivity contribution is 5.80. The summed E-state index contributed by atoms with van der Waals surface area (Å²) in [7, 11) is 0. The van der Waals surface area contributed by atoms with Gasteiger partial charge in [-0.1, -0.05) is 38.7 Å². The molecule has 0 fully saturated rings. The van der Waals surface area contributed by atoms with Gasteiger partial charge in [-0.3, -0.25) is 4.79 Å². The second-order valence-electron chi connectivity index (χ2n) is 6.00. The van der Waals surface area contributed by atoms with Crippen LogP contribution in [0, 0.1) is 0 Å². The highest BCUT2D eigenvalue weighted by atomic mass is 16.7. The van der Waals surface area contributed by atoms with E-state index in [9.17, 15) is 4.79 Å². The van der Waals surface area contributed by atoms with E-state index >= 15 is 0 Å². The zero-order chi connectivity index (χ0) is 21.8. The summed E-state index contributed by atoms with van der Waals surface area (Å²) >= 11 is 0. The van der Waals surface area contributed by atoms with E-state index in [1.54, 1.807) is 0 Å². The number of carbonyl (C=O) groups is 1. The summed E-state index contributed by atoms with van der Waals surface area (Å²) in [5.41, 5.74) is 0.0972. The van der Waals surface area contributed by atoms with Gasteiger partial charge in [-0.15, -0.1) is 0 Å². The number of rotatable bonds is 11. The molecule has 0 heterocycles. The molecular formula is C21H38O7. The first-order valence-corrected chi connectivity index (χ1v) is 9.85. The first kappa shape index (κ1) is 28.5. The van der Waals surface area contributed by atoms with Crippen LogP contribution in [-0.4, -0.2) is 58.9 Å². The Balaban J connectivity index is 0. The highest BCUT2D eigenvalue weighted by Crippen LogP contribution is 2.26. The number of aliphatic hydroxyl groups is 2. The SMILES string of the molecule is CCCCCCC(O)CO.CCOC(C)OCC.O=Cc1cccc(O)c1O. The lowest BCUT2D eigenvalue weighted by atomic mass is 10.1. The molecule has 7 nitrogen and oxygen atoms in total. The molecule has 164 valence electrons. The molecule has 0 radical (unpaired) electrons. The maximum absolute atomic E-state index is 10.1. The van der Waals surface area contributed by atoms with Gasteiger partial charge in [0.25, 0.3) is 0 Å². The Morgan fingerprint density at radius 3 is 2.07 bits per heavy atom. The van der Waals surface area contributed by atoms with Gasteiger partial charge in [-0.05, 0) is 39.3 Å². The van der Waals surface area contributed by atoms with Gasteiger partial charge < -0.3 is 29.9 Å². The summed E-state index contributed by atoms with van der Waals surface area (Å²) in [6, 6.07) is 4.21. The molecule has 4 N–H and O–H groups in total. The van der Waals surface area contributed by atoms with Crippen LogP contribution in [0.5, 0.6) is 11.5 Å². The topological polar surface area (TPSA) is 116 Å². The number of aromatic hydroxyl groups is 2. The van der Waals surface area contributed by atoms with Crippen molar-refractivity contribution in [1.82, 2.24) is 0 Å². The molecule has 0 aliphatic heterocycles. The minimum absolute atomic E-state index is 0.0370. The Morgan fingerprint density at radius 1 is 1.04 bits per heavy atom. The molecule has 7 heteroatoms. The van der Waals surface area contributed by atoms with Gasteiger partial charge in [-0.2, -0.15) is 0 Å². The van der Waals surface area contributed by atoms with Crippen molar-refractivity contribution in [3.63, 3.8) is 0 Å². The summed E-state index contributed by atoms with van der Waals surface area (Å²) in [5, 5.41) is 35.1. The molecule has 1 unspecified atom stereocenters. The Kier molecular flexibility index (Phi) is 20.5. The summed E-state index contributed by atoms with van der Waals surface area (Å²) in [6.07, 6.45) is 5.36. The summed E-state index contributed by atoms with van der Waals surface area (Å²) in [5.74, 6) is -0.637. The van der Waals surface area contributed by atoms with E-state index in [0.29, 0.717) is 6.29 Å². The Morgan fingerprint density at radius 2 is 1.64 bits per heavy atom. The average Bonchev–Trinajstić information content (AvgIpc) is 2.68. The van der Waals surface area contributed by atoms with E-state index in [1.807, 2.05) is 20.8 Å². The summed E-state index contributed by atoms with van der Waals surface area (Å²) < 4.78 is 10.1. The van der Waals surface area contributed by atoms with Gasteiger partial charge in [0, 0.05) is 13.2 Å². The third kappa shape index (κ3) is 16.5. The van der Waals surface area contributed by atoms with E-state index < -0.39 is 6.10 Å². The Labute approximate surface area is 168 Å². The fourth-order valence-electron chi connectivity index (χ4n) is 2.06. The largest absolute Gasteiger partial charge is 0.504 e. The first-order chi connectivity index (χ1) is 13.4. The number of unbranched alkanes of at least 4 members (excludes halogenated alkanes) is 3. The highest BCUT2D eigenvalue weighted by Gasteiger charge is 2.02. The molecule has 0 bridgehead atoms. The molecule has 0 amide bonds. The normalized spacial score (nSPS) is 11.1. The van der Waals surface area contributed by atoms with Crippen LogP contribution in [0.2, 0.25) is 0 Å². The van der Waals surface area contributed by atoms with Crippen molar-refractivity contribution in [1.29, 1.82) is 0 Å². The molecule has 1 aromatic rings. The number of ether oxygens (including phenoxy) is 2. The second kappa shape index (κ2) is 20.1. The molecule has 0 spiro atoms. The number of aldehydes is 1. The molecule has 28 heavy (non-hydrogen) atoms. The van der Waals surface area contributed by atoms with Gasteiger partial charge in [0.2, 0.25) is 0 Å². The van der Waals surface area contributed by atoms with Crippen molar-refractivity contribution in [3.05, 3.63) is 23.8 Å². The third-order valence-electron chi connectivity index (χ3n) is 3.58. The summed E-state index contributed by atoms with van der Waals surface area (Å²) in [4.78, 5) is 10.1. The minimum Gasteiger partial charge on any atom is -0.504 e. The van der Waals surface area contributed by atoms with Crippen molar-refractivity contribution < 1.29 is 34.7 Å².